The molecule has 1 aromatic carbocycles. The quantitative estimate of drug-likeness (QED) is 0.523. The molecule has 1 aromatic heterocycles. The van der Waals surface area contributed by atoms with Gasteiger partial charge in [-0.25, -0.2) is 0 Å². The average molecular weight is 296 g/mol. The van der Waals surface area contributed by atoms with Gasteiger partial charge in [0, 0.05) is 12.1 Å². The van der Waals surface area contributed by atoms with Crippen LogP contribution in [-0.4, -0.2) is 10.6 Å². The molecule has 0 radical (unpaired) electrons. The van der Waals surface area contributed by atoms with Crippen LogP contribution in [0.4, 0.5) is 11.4 Å². The molecule has 0 spiro atoms. The maximum atomic E-state index is 10.6. The Morgan fingerprint density at radius 2 is 2.21 bits per heavy atom. The first kappa shape index (κ1) is 13.5. The molecule has 0 aliphatic rings. The highest BCUT2D eigenvalue weighted by Gasteiger charge is 2.05. The van der Waals surface area contributed by atoms with Crippen molar-refractivity contribution in [2.24, 2.45) is 5.10 Å². The summed E-state index contributed by atoms with van der Waals surface area (Å²) in [7, 11) is 0. The number of benzene rings is 1. The molecular formula is C12H10ClN3O2S. The third-order valence-electron chi connectivity index (χ3n) is 2.34. The summed E-state index contributed by atoms with van der Waals surface area (Å²) < 4.78 is 0.694. The van der Waals surface area contributed by atoms with Gasteiger partial charge in [0.25, 0.3) is 5.69 Å². The molecule has 2 rings (SSSR count). The van der Waals surface area contributed by atoms with Crippen molar-refractivity contribution in [3.63, 3.8) is 0 Å². The van der Waals surface area contributed by atoms with Gasteiger partial charge < -0.3 is 0 Å². The van der Waals surface area contributed by atoms with Crippen molar-refractivity contribution in [3.8, 4) is 0 Å². The first-order chi connectivity index (χ1) is 9.06. The lowest BCUT2D eigenvalue weighted by Gasteiger charge is -2.01. The van der Waals surface area contributed by atoms with E-state index in [1.54, 1.807) is 18.2 Å². The molecule has 0 bridgehead atoms. The highest BCUT2D eigenvalue weighted by molar-refractivity contribution is 7.18. The van der Waals surface area contributed by atoms with Crippen molar-refractivity contribution < 1.29 is 4.92 Å². The van der Waals surface area contributed by atoms with E-state index >= 15 is 0 Å². The summed E-state index contributed by atoms with van der Waals surface area (Å²) in [5.74, 6) is 0. The molecule has 0 aliphatic carbocycles. The summed E-state index contributed by atoms with van der Waals surface area (Å²) in [4.78, 5) is 11.1. The Labute approximate surface area is 118 Å². The Hall–Kier alpha value is -1.92. The number of nitro benzene ring substituents is 1. The maximum absolute atomic E-state index is 10.6. The maximum Gasteiger partial charge on any atom is 0.271 e. The zero-order valence-corrected chi connectivity index (χ0v) is 11.5. The van der Waals surface area contributed by atoms with Gasteiger partial charge in [-0.15, -0.1) is 11.3 Å². The van der Waals surface area contributed by atoms with Crippen molar-refractivity contribution in [3.05, 3.63) is 55.7 Å². The molecule has 19 heavy (non-hydrogen) atoms. The average Bonchev–Trinajstić information content (AvgIpc) is 2.83. The molecule has 0 amide bonds. The molecule has 98 valence electrons. The third-order valence-corrected chi connectivity index (χ3v) is 3.68. The van der Waals surface area contributed by atoms with Crippen LogP contribution < -0.4 is 5.43 Å². The van der Waals surface area contributed by atoms with Crippen LogP contribution >= 0.6 is 22.9 Å². The topological polar surface area (TPSA) is 67.5 Å². The lowest BCUT2D eigenvalue weighted by molar-refractivity contribution is -0.384. The number of hydrogen-bond acceptors (Lipinski definition) is 5. The SMILES string of the molecule is C/C(=N\Nc1cccc([N+](=O)[O-])c1)c1ccc(Cl)s1. The molecule has 0 saturated carbocycles. The van der Waals surface area contributed by atoms with Gasteiger partial charge in [0.05, 0.1) is 25.5 Å². The van der Waals surface area contributed by atoms with E-state index in [0.717, 1.165) is 10.6 Å². The minimum atomic E-state index is -0.444. The van der Waals surface area contributed by atoms with E-state index in [1.165, 1.54) is 23.5 Å². The second kappa shape index (κ2) is 5.81. The monoisotopic (exact) mass is 295 g/mol. The number of anilines is 1. The van der Waals surface area contributed by atoms with Crippen LogP contribution in [0.1, 0.15) is 11.8 Å². The number of thiophene rings is 1. The molecule has 1 N–H and O–H groups in total. The summed E-state index contributed by atoms with van der Waals surface area (Å²) in [5.41, 5.74) is 4.15. The Balaban J connectivity index is 2.13. The lowest BCUT2D eigenvalue weighted by atomic mass is 10.3. The third kappa shape index (κ3) is 3.52. The highest BCUT2D eigenvalue weighted by Crippen LogP contribution is 2.22. The molecule has 1 heterocycles. The molecular weight excluding hydrogens is 286 g/mol. The van der Waals surface area contributed by atoms with Gasteiger partial charge in [0.1, 0.15) is 0 Å². The van der Waals surface area contributed by atoms with Gasteiger partial charge in [-0.1, -0.05) is 17.7 Å². The molecule has 7 heteroatoms. The van der Waals surface area contributed by atoms with Gasteiger partial charge in [0.15, 0.2) is 0 Å². The smallest absolute Gasteiger partial charge is 0.271 e. The number of hydrogen-bond donors (Lipinski definition) is 1. The Kier molecular flexibility index (Phi) is 4.13. The van der Waals surface area contributed by atoms with Gasteiger partial charge >= 0.3 is 0 Å². The molecule has 5 nitrogen and oxygen atoms in total. The number of rotatable bonds is 4. The van der Waals surface area contributed by atoms with Crippen LogP contribution in [0, 0.1) is 10.1 Å². The summed E-state index contributed by atoms with van der Waals surface area (Å²) in [5, 5.41) is 14.8. The Morgan fingerprint density at radius 3 is 2.84 bits per heavy atom. The van der Waals surface area contributed by atoms with Crippen LogP contribution in [0.5, 0.6) is 0 Å². The van der Waals surface area contributed by atoms with Crippen LogP contribution in [-0.2, 0) is 0 Å². The summed E-state index contributed by atoms with van der Waals surface area (Å²) >= 11 is 7.27. The Bertz CT molecular complexity index is 639. The normalized spacial score (nSPS) is 11.4. The number of hydrazone groups is 1. The van der Waals surface area contributed by atoms with Crippen LogP contribution in [0.25, 0.3) is 0 Å². The minimum absolute atomic E-state index is 0.0250. The van der Waals surface area contributed by atoms with Gasteiger partial charge in [-0.2, -0.15) is 5.10 Å². The largest absolute Gasteiger partial charge is 0.278 e. The van der Waals surface area contributed by atoms with E-state index in [4.69, 9.17) is 11.6 Å². The molecule has 0 saturated heterocycles. The fourth-order valence-corrected chi connectivity index (χ4v) is 2.39. The lowest BCUT2D eigenvalue weighted by Crippen LogP contribution is -1.97. The standard InChI is InChI=1S/C12H10ClN3O2S/c1-8(11-5-6-12(13)19-11)14-15-9-3-2-4-10(7-9)16(17)18/h2-7,15H,1H3/b14-8+. The fraction of sp³-hybridized carbons (Fsp3) is 0.0833. The number of non-ortho nitro benzene ring substituents is 1. The van der Waals surface area contributed by atoms with Crippen LogP contribution in [0.15, 0.2) is 41.5 Å². The predicted octanol–water partition coefficient (Wildman–Crippen LogP) is 4.15. The predicted molar refractivity (Wildman–Crippen MR) is 78.3 cm³/mol. The number of halogens is 1. The van der Waals surface area contributed by atoms with Gasteiger partial charge in [-0.3, -0.25) is 15.5 Å². The van der Waals surface area contributed by atoms with Crippen molar-refractivity contribution in [1.29, 1.82) is 0 Å². The molecule has 0 aliphatic heterocycles. The summed E-state index contributed by atoms with van der Waals surface area (Å²) in [6, 6.07) is 9.85. The molecule has 0 fully saturated rings. The number of nitrogens with zero attached hydrogens (tertiary/aromatic N) is 2. The molecule has 2 aromatic rings. The Morgan fingerprint density at radius 1 is 1.42 bits per heavy atom. The second-order valence-electron chi connectivity index (χ2n) is 3.72. The van der Waals surface area contributed by atoms with Gasteiger partial charge in [0.2, 0.25) is 0 Å². The first-order valence-corrected chi connectivity index (χ1v) is 6.56. The van der Waals surface area contributed by atoms with Crippen molar-refractivity contribution in [1.82, 2.24) is 0 Å². The van der Waals surface area contributed by atoms with Gasteiger partial charge in [-0.05, 0) is 25.1 Å². The van der Waals surface area contributed by atoms with E-state index in [2.05, 4.69) is 10.5 Å². The van der Waals surface area contributed by atoms with E-state index in [9.17, 15) is 10.1 Å². The first-order valence-electron chi connectivity index (χ1n) is 5.37. The molecule has 0 atom stereocenters. The van der Waals surface area contributed by atoms with Crippen LogP contribution in [0.2, 0.25) is 4.34 Å². The molecule has 0 unspecified atom stereocenters. The zero-order chi connectivity index (χ0) is 13.8. The second-order valence-corrected chi connectivity index (χ2v) is 5.44. The summed E-state index contributed by atoms with van der Waals surface area (Å²) in [6.07, 6.45) is 0. The van der Waals surface area contributed by atoms with Crippen molar-refractivity contribution in [2.75, 3.05) is 5.43 Å². The number of nitrogens with one attached hydrogen (secondary N) is 1. The van der Waals surface area contributed by atoms with Crippen molar-refractivity contribution >= 4 is 40.0 Å². The fourth-order valence-electron chi connectivity index (χ4n) is 1.40. The van der Waals surface area contributed by atoms with Crippen molar-refractivity contribution in [2.45, 2.75) is 6.92 Å². The zero-order valence-electron chi connectivity index (χ0n) is 9.96. The number of nitro groups is 1. The summed E-state index contributed by atoms with van der Waals surface area (Å²) in [6.45, 7) is 1.84. The van der Waals surface area contributed by atoms with E-state index < -0.39 is 4.92 Å². The highest BCUT2D eigenvalue weighted by atomic mass is 35.5. The van der Waals surface area contributed by atoms with E-state index in [1.807, 2.05) is 13.0 Å². The minimum Gasteiger partial charge on any atom is -0.278 e. The van der Waals surface area contributed by atoms with Crippen LogP contribution in [0.3, 0.4) is 0 Å². The van der Waals surface area contributed by atoms with E-state index in [0.29, 0.717) is 10.0 Å². The van der Waals surface area contributed by atoms with E-state index in [-0.39, 0.29) is 5.69 Å².